The number of ether oxygens (including phenoxy) is 1. The second kappa shape index (κ2) is 6.67. The maximum atomic E-state index is 12.5. The predicted octanol–water partition coefficient (Wildman–Crippen LogP) is 3.02. The number of anilines is 1. The van der Waals surface area contributed by atoms with Crippen molar-refractivity contribution in [2.75, 3.05) is 11.9 Å². The van der Waals surface area contributed by atoms with Gasteiger partial charge in [0.1, 0.15) is 5.56 Å². The Hall–Kier alpha value is -2.93. The van der Waals surface area contributed by atoms with Gasteiger partial charge in [-0.2, -0.15) is 0 Å². The summed E-state index contributed by atoms with van der Waals surface area (Å²) in [5, 5.41) is 4.86. The standard InChI is InChI=1S/C17H14N2O4S/c1-2-23-17(22)12-9-18-13-6-5-10(8-11(13)15(12)20)19-16(21)14-4-3-7-24-14/h3-9H,2H2,1H3,(H,18,20)(H,19,21). The van der Waals surface area contributed by atoms with Gasteiger partial charge in [0.2, 0.25) is 5.43 Å². The topological polar surface area (TPSA) is 88.3 Å². The third kappa shape index (κ3) is 3.07. The molecule has 1 amide bonds. The Bertz CT molecular complexity index is 960. The number of pyridine rings is 1. The minimum Gasteiger partial charge on any atom is -0.462 e. The first-order valence-corrected chi connectivity index (χ1v) is 8.15. The number of hydrogen-bond acceptors (Lipinski definition) is 5. The lowest BCUT2D eigenvalue weighted by Crippen LogP contribution is -2.18. The molecule has 3 aromatic rings. The van der Waals surface area contributed by atoms with E-state index in [2.05, 4.69) is 10.3 Å². The van der Waals surface area contributed by atoms with E-state index in [0.717, 1.165) is 0 Å². The van der Waals surface area contributed by atoms with Gasteiger partial charge in [0.05, 0.1) is 11.5 Å². The summed E-state index contributed by atoms with van der Waals surface area (Å²) >= 11 is 1.33. The number of aromatic amines is 1. The van der Waals surface area contributed by atoms with E-state index >= 15 is 0 Å². The van der Waals surface area contributed by atoms with Crippen molar-refractivity contribution in [3.63, 3.8) is 0 Å². The molecule has 0 fully saturated rings. The molecular weight excluding hydrogens is 328 g/mol. The summed E-state index contributed by atoms with van der Waals surface area (Å²) in [6, 6.07) is 8.41. The number of fused-ring (bicyclic) bond motifs is 1. The number of benzene rings is 1. The summed E-state index contributed by atoms with van der Waals surface area (Å²) in [5.74, 6) is -0.920. The Morgan fingerprint density at radius 1 is 1.29 bits per heavy atom. The normalized spacial score (nSPS) is 10.5. The van der Waals surface area contributed by atoms with Crippen LogP contribution in [0.25, 0.3) is 10.9 Å². The molecular formula is C17H14N2O4S. The number of aromatic nitrogens is 1. The van der Waals surface area contributed by atoms with E-state index in [0.29, 0.717) is 21.5 Å². The van der Waals surface area contributed by atoms with Crippen molar-refractivity contribution in [3.8, 4) is 0 Å². The van der Waals surface area contributed by atoms with Gasteiger partial charge in [-0.15, -0.1) is 11.3 Å². The maximum absolute atomic E-state index is 12.5. The summed E-state index contributed by atoms with van der Waals surface area (Å²) in [5.41, 5.74) is 0.551. The van der Waals surface area contributed by atoms with Crippen molar-refractivity contribution in [2.24, 2.45) is 0 Å². The van der Waals surface area contributed by atoms with Crippen LogP contribution in [0.1, 0.15) is 27.0 Å². The summed E-state index contributed by atoms with van der Waals surface area (Å²) in [6.07, 6.45) is 1.34. The molecule has 0 saturated carbocycles. The third-order valence-electron chi connectivity index (χ3n) is 3.38. The van der Waals surface area contributed by atoms with E-state index < -0.39 is 11.4 Å². The van der Waals surface area contributed by atoms with Gasteiger partial charge in [0, 0.05) is 22.8 Å². The summed E-state index contributed by atoms with van der Waals surface area (Å²) in [4.78, 5) is 39.9. The summed E-state index contributed by atoms with van der Waals surface area (Å²) < 4.78 is 4.87. The molecule has 0 spiro atoms. The van der Waals surface area contributed by atoms with Crippen LogP contribution in [0.15, 0.2) is 46.7 Å². The lowest BCUT2D eigenvalue weighted by molar-refractivity contribution is 0.0524. The van der Waals surface area contributed by atoms with Crippen molar-refractivity contribution >= 4 is 39.8 Å². The molecule has 2 aromatic heterocycles. The monoisotopic (exact) mass is 342 g/mol. The zero-order valence-electron chi connectivity index (χ0n) is 12.8. The highest BCUT2D eigenvalue weighted by Crippen LogP contribution is 2.17. The third-order valence-corrected chi connectivity index (χ3v) is 4.25. The molecule has 6 nitrogen and oxygen atoms in total. The number of nitrogens with one attached hydrogen (secondary N) is 2. The largest absolute Gasteiger partial charge is 0.462 e. The molecule has 3 rings (SSSR count). The number of carbonyl (C=O) groups excluding carboxylic acids is 2. The second-order valence-corrected chi connectivity index (χ2v) is 5.89. The number of esters is 1. The quantitative estimate of drug-likeness (QED) is 0.713. The highest BCUT2D eigenvalue weighted by atomic mass is 32.1. The number of carbonyl (C=O) groups is 2. The Balaban J connectivity index is 1.97. The van der Waals surface area contributed by atoms with E-state index in [1.54, 1.807) is 37.3 Å². The average molecular weight is 342 g/mol. The molecule has 0 aliphatic carbocycles. The van der Waals surface area contributed by atoms with Crippen LogP contribution in [-0.2, 0) is 4.74 Å². The molecule has 2 heterocycles. The number of rotatable bonds is 4. The van der Waals surface area contributed by atoms with Crippen LogP contribution < -0.4 is 10.7 Å². The Morgan fingerprint density at radius 2 is 2.12 bits per heavy atom. The lowest BCUT2D eigenvalue weighted by atomic mass is 10.1. The maximum Gasteiger partial charge on any atom is 0.343 e. The van der Waals surface area contributed by atoms with Crippen molar-refractivity contribution in [1.29, 1.82) is 0 Å². The predicted molar refractivity (Wildman–Crippen MR) is 92.8 cm³/mol. The molecule has 0 aliphatic rings. The molecule has 7 heteroatoms. The van der Waals surface area contributed by atoms with Gasteiger partial charge in [-0.3, -0.25) is 9.59 Å². The van der Waals surface area contributed by atoms with Crippen LogP contribution in [0, 0.1) is 0 Å². The zero-order chi connectivity index (χ0) is 17.1. The van der Waals surface area contributed by atoms with E-state index in [4.69, 9.17) is 4.74 Å². The minimum absolute atomic E-state index is 0.0638. The molecule has 0 bridgehead atoms. The van der Waals surface area contributed by atoms with Crippen LogP contribution in [-0.4, -0.2) is 23.5 Å². The average Bonchev–Trinajstić information content (AvgIpc) is 3.10. The van der Waals surface area contributed by atoms with Crippen molar-refractivity contribution in [3.05, 3.63) is 62.6 Å². The van der Waals surface area contributed by atoms with Gasteiger partial charge >= 0.3 is 5.97 Å². The van der Waals surface area contributed by atoms with Gasteiger partial charge in [-0.05, 0) is 36.6 Å². The van der Waals surface area contributed by atoms with Crippen LogP contribution in [0.5, 0.6) is 0 Å². The molecule has 122 valence electrons. The molecule has 2 N–H and O–H groups in total. The number of thiophene rings is 1. The molecule has 0 saturated heterocycles. The van der Waals surface area contributed by atoms with E-state index in [1.807, 2.05) is 5.38 Å². The minimum atomic E-state index is -0.673. The fourth-order valence-corrected chi connectivity index (χ4v) is 2.88. The highest BCUT2D eigenvalue weighted by molar-refractivity contribution is 7.12. The molecule has 0 atom stereocenters. The van der Waals surface area contributed by atoms with Crippen LogP contribution in [0.2, 0.25) is 0 Å². The van der Waals surface area contributed by atoms with Crippen LogP contribution in [0.4, 0.5) is 5.69 Å². The smallest absolute Gasteiger partial charge is 0.343 e. The molecule has 24 heavy (non-hydrogen) atoms. The van der Waals surface area contributed by atoms with Gasteiger partial charge < -0.3 is 15.0 Å². The van der Waals surface area contributed by atoms with Crippen LogP contribution >= 0.6 is 11.3 Å². The van der Waals surface area contributed by atoms with Crippen molar-refractivity contribution < 1.29 is 14.3 Å². The van der Waals surface area contributed by atoms with Crippen molar-refractivity contribution in [1.82, 2.24) is 4.98 Å². The fourth-order valence-electron chi connectivity index (χ4n) is 2.26. The lowest BCUT2D eigenvalue weighted by Gasteiger charge is -2.07. The highest BCUT2D eigenvalue weighted by Gasteiger charge is 2.15. The van der Waals surface area contributed by atoms with Gasteiger partial charge in [0.15, 0.2) is 0 Å². The summed E-state index contributed by atoms with van der Waals surface area (Å²) in [6.45, 7) is 1.86. The Morgan fingerprint density at radius 3 is 2.83 bits per heavy atom. The Kier molecular flexibility index (Phi) is 4.43. The number of H-pyrrole nitrogens is 1. The van der Waals surface area contributed by atoms with E-state index in [9.17, 15) is 14.4 Å². The number of hydrogen-bond donors (Lipinski definition) is 2. The second-order valence-electron chi connectivity index (χ2n) is 4.94. The zero-order valence-corrected chi connectivity index (χ0v) is 13.6. The number of amides is 1. The molecule has 0 aliphatic heterocycles. The van der Waals surface area contributed by atoms with Crippen molar-refractivity contribution in [2.45, 2.75) is 6.92 Å². The first-order chi connectivity index (χ1) is 11.6. The SMILES string of the molecule is CCOC(=O)c1c[nH]c2ccc(NC(=O)c3cccs3)cc2c1=O. The molecule has 0 unspecified atom stereocenters. The molecule has 1 aromatic carbocycles. The van der Waals surface area contributed by atoms with Gasteiger partial charge in [0.25, 0.3) is 5.91 Å². The van der Waals surface area contributed by atoms with E-state index in [1.165, 1.54) is 17.5 Å². The fraction of sp³-hybridized carbons (Fsp3) is 0.118. The first-order valence-electron chi connectivity index (χ1n) is 7.27. The Labute approximate surface area is 141 Å². The van der Waals surface area contributed by atoms with Crippen LogP contribution in [0.3, 0.4) is 0 Å². The molecule has 0 radical (unpaired) electrons. The van der Waals surface area contributed by atoms with Gasteiger partial charge in [-0.25, -0.2) is 4.79 Å². The van der Waals surface area contributed by atoms with E-state index in [-0.39, 0.29) is 18.1 Å². The van der Waals surface area contributed by atoms with Gasteiger partial charge in [-0.1, -0.05) is 6.07 Å². The first kappa shape index (κ1) is 15.9. The summed E-state index contributed by atoms with van der Waals surface area (Å²) in [7, 11) is 0.